The number of nitrogens with zero attached hydrogens (tertiary/aromatic N) is 2. The second-order valence-corrected chi connectivity index (χ2v) is 4.10. The zero-order chi connectivity index (χ0) is 12.0. The summed E-state index contributed by atoms with van der Waals surface area (Å²) >= 11 is 0. The van der Waals surface area contributed by atoms with Crippen LogP contribution in [0.2, 0.25) is 0 Å². The molecule has 8 heteroatoms. The molecule has 0 aromatic carbocycles. The van der Waals surface area contributed by atoms with E-state index in [-0.39, 0.29) is 0 Å². The van der Waals surface area contributed by atoms with Gasteiger partial charge in [-0.1, -0.05) is 0 Å². The molecule has 0 unspecified atom stereocenters. The molecular formula is C8H18BF4N3. The van der Waals surface area contributed by atoms with Crippen molar-refractivity contribution in [2.45, 2.75) is 25.7 Å². The number of rotatable bonds is 2. The van der Waals surface area contributed by atoms with Gasteiger partial charge >= 0.3 is 7.25 Å². The maximum atomic E-state index is 9.75. The molecule has 2 saturated heterocycles. The average Bonchev–Trinajstić information content (AvgIpc) is 2.74. The van der Waals surface area contributed by atoms with Crippen LogP contribution in [0.15, 0.2) is 0 Å². The van der Waals surface area contributed by atoms with Gasteiger partial charge in [0.15, 0.2) is 0 Å². The third-order valence-corrected chi connectivity index (χ3v) is 2.61. The van der Waals surface area contributed by atoms with Gasteiger partial charge in [-0.15, -0.1) is 10.0 Å². The molecule has 2 rings (SSSR count). The molecule has 2 heterocycles. The van der Waals surface area contributed by atoms with Gasteiger partial charge in [-0.2, -0.15) is 5.53 Å². The first-order valence-corrected chi connectivity index (χ1v) is 5.65. The van der Waals surface area contributed by atoms with Gasteiger partial charge in [0.25, 0.3) is 0 Å². The van der Waals surface area contributed by atoms with E-state index in [1.807, 2.05) is 0 Å². The average molecular weight is 243 g/mol. The standard InChI is InChI=1S/C8H17N3.BF4/c1-2-6-10(5-1)9-11-7-3-4-8-11;2-1(3,4)5/h9H,1-8H2;/q;-1/p+1. The predicted octanol–water partition coefficient (Wildman–Crippen LogP) is 0.871. The Hall–Kier alpha value is -0.335. The van der Waals surface area contributed by atoms with E-state index >= 15 is 0 Å². The van der Waals surface area contributed by atoms with Crippen molar-refractivity contribution >= 4 is 7.25 Å². The highest BCUT2D eigenvalue weighted by molar-refractivity contribution is 6.50. The third kappa shape index (κ3) is 7.02. The smallest absolute Gasteiger partial charge is 0.418 e. The van der Waals surface area contributed by atoms with Crippen LogP contribution in [0.25, 0.3) is 0 Å². The lowest BCUT2D eigenvalue weighted by atomic mass is 10.3. The largest absolute Gasteiger partial charge is 0.673 e. The van der Waals surface area contributed by atoms with Gasteiger partial charge in [0.05, 0.1) is 0 Å². The Kier molecular flexibility index (Phi) is 5.50. The monoisotopic (exact) mass is 243 g/mol. The number of hydrogen-bond donors (Lipinski definition) is 1. The van der Waals surface area contributed by atoms with Crippen LogP contribution in [-0.4, -0.2) is 43.5 Å². The quantitative estimate of drug-likeness (QED) is 0.442. The van der Waals surface area contributed by atoms with Gasteiger partial charge in [-0.05, 0) is 25.7 Å². The molecule has 96 valence electrons. The van der Waals surface area contributed by atoms with Crippen LogP contribution in [0, 0.1) is 0 Å². The Morgan fingerprint density at radius 1 is 0.688 bits per heavy atom. The number of quaternary nitrogens is 1. The number of nitrogens with two attached hydrogens (primary N) is 1. The Labute approximate surface area is 92.8 Å². The fourth-order valence-electron chi connectivity index (χ4n) is 1.95. The molecule has 0 saturated carbocycles. The second kappa shape index (κ2) is 6.41. The highest BCUT2D eigenvalue weighted by Crippen LogP contribution is 2.06. The fourth-order valence-corrected chi connectivity index (χ4v) is 1.95. The molecule has 2 aliphatic rings. The van der Waals surface area contributed by atoms with E-state index in [1.54, 1.807) is 0 Å². The van der Waals surface area contributed by atoms with Crippen molar-refractivity contribution in [2.24, 2.45) is 0 Å². The van der Waals surface area contributed by atoms with Crippen LogP contribution in [0.3, 0.4) is 0 Å². The van der Waals surface area contributed by atoms with Crippen LogP contribution in [0.1, 0.15) is 25.7 Å². The molecule has 0 aromatic heterocycles. The molecule has 0 atom stereocenters. The van der Waals surface area contributed by atoms with Crippen molar-refractivity contribution in [1.29, 1.82) is 0 Å². The topological polar surface area (TPSA) is 23.1 Å². The van der Waals surface area contributed by atoms with Crippen LogP contribution in [-0.2, 0) is 0 Å². The number of hydrogen-bond acceptors (Lipinski definition) is 2. The summed E-state index contributed by atoms with van der Waals surface area (Å²) in [5.41, 5.74) is 2.35. The lowest BCUT2D eigenvalue weighted by molar-refractivity contribution is -0.918. The molecule has 0 amide bonds. The first-order chi connectivity index (χ1) is 7.45. The van der Waals surface area contributed by atoms with E-state index in [1.165, 1.54) is 51.9 Å². The molecule has 0 spiro atoms. The minimum atomic E-state index is -6.00. The minimum absolute atomic E-state index is 1.29. The van der Waals surface area contributed by atoms with E-state index in [0.717, 1.165) is 0 Å². The van der Waals surface area contributed by atoms with Crippen LogP contribution in [0.5, 0.6) is 0 Å². The summed E-state index contributed by atoms with van der Waals surface area (Å²) in [5, 5.41) is 4.93. The van der Waals surface area contributed by atoms with Crippen molar-refractivity contribution < 1.29 is 22.8 Å². The second-order valence-electron chi connectivity index (χ2n) is 4.10. The van der Waals surface area contributed by atoms with Crippen molar-refractivity contribution in [2.75, 3.05) is 26.2 Å². The zero-order valence-electron chi connectivity index (χ0n) is 9.22. The fraction of sp³-hybridized carbons (Fsp3) is 1.00. The first-order valence-electron chi connectivity index (χ1n) is 5.65. The Bertz CT molecular complexity index is 170. The molecule has 3 nitrogen and oxygen atoms in total. The molecule has 0 aliphatic carbocycles. The Morgan fingerprint density at radius 2 is 0.938 bits per heavy atom. The van der Waals surface area contributed by atoms with Crippen molar-refractivity contribution in [1.82, 2.24) is 10.0 Å². The van der Waals surface area contributed by atoms with Crippen molar-refractivity contribution in [3.8, 4) is 0 Å². The van der Waals surface area contributed by atoms with E-state index < -0.39 is 7.25 Å². The molecule has 0 aromatic rings. The van der Waals surface area contributed by atoms with E-state index in [9.17, 15) is 17.3 Å². The Morgan fingerprint density at radius 3 is 1.19 bits per heavy atom. The van der Waals surface area contributed by atoms with Crippen LogP contribution >= 0.6 is 0 Å². The van der Waals surface area contributed by atoms with Gasteiger partial charge in [0, 0.05) is 26.2 Å². The summed E-state index contributed by atoms with van der Waals surface area (Å²) in [4.78, 5) is 0. The van der Waals surface area contributed by atoms with Crippen LogP contribution in [0.4, 0.5) is 17.3 Å². The Balaban J connectivity index is 0.000000221. The molecule has 2 aliphatic heterocycles. The first kappa shape index (κ1) is 13.7. The SMILES string of the molecule is C1CCN([NH2+]N2CCCC2)C1.F[B-](F)(F)F. The van der Waals surface area contributed by atoms with Gasteiger partial charge in [-0.3, -0.25) is 0 Å². The summed E-state index contributed by atoms with van der Waals surface area (Å²) in [6.07, 6.45) is 5.57. The molecule has 16 heavy (non-hydrogen) atoms. The molecular weight excluding hydrogens is 225 g/mol. The van der Waals surface area contributed by atoms with Crippen molar-refractivity contribution in [3.05, 3.63) is 0 Å². The molecule has 2 fully saturated rings. The highest BCUT2D eigenvalue weighted by atomic mass is 19.5. The highest BCUT2D eigenvalue weighted by Gasteiger charge is 2.21. The van der Waals surface area contributed by atoms with E-state index in [0.29, 0.717) is 0 Å². The van der Waals surface area contributed by atoms with Gasteiger partial charge < -0.3 is 17.3 Å². The normalized spacial score (nSPS) is 23.2. The van der Waals surface area contributed by atoms with E-state index in [4.69, 9.17) is 0 Å². The maximum absolute atomic E-state index is 9.75. The summed E-state index contributed by atoms with van der Waals surface area (Å²) in [7, 11) is -6.00. The number of halogens is 4. The summed E-state index contributed by atoms with van der Waals surface area (Å²) < 4.78 is 39.0. The van der Waals surface area contributed by atoms with Crippen LogP contribution < -0.4 is 5.53 Å². The summed E-state index contributed by atoms with van der Waals surface area (Å²) in [5.74, 6) is 0. The molecule has 0 bridgehead atoms. The summed E-state index contributed by atoms with van der Waals surface area (Å²) in [6, 6.07) is 0. The predicted molar refractivity (Wildman–Crippen MR) is 53.7 cm³/mol. The maximum Gasteiger partial charge on any atom is 0.673 e. The molecule has 2 N–H and O–H groups in total. The van der Waals surface area contributed by atoms with Gasteiger partial charge in [-0.25, -0.2) is 0 Å². The van der Waals surface area contributed by atoms with E-state index in [2.05, 4.69) is 15.6 Å². The lowest BCUT2D eigenvalue weighted by Gasteiger charge is -2.18. The van der Waals surface area contributed by atoms with Gasteiger partial charge in [0.1, 0.15) is 0 Å². The molecule has 0 radical (unpaired) electrons. The lowest BCUT2D eigenvalue weighted by Crippen LogP contribution is -3.00. The summed E-state index contributed by atoms with van der Waals surface area (Å²) in [6.45, 7) is 5.15. The zero-order valence-corrected chi connectivity index (χ0v) is 9.22. The van der Waals surface area contributed by atoms with Gasteiger partial charge in [0.2, 0.25) is 0 Å². The minimum Gasteiger partial charge on any atom is -0.418 e. The third-order valence-electron chi connectivity index (χ3n) is 2.61. The van der Waals surface area contributed by atoms with Crippen molar-refractivity contribution in [3.63, 3.8) is 0 Å².